The molecule has 0 bridgehead atoms. The van der Waals surface area contributed by atoms with Crippen LogP contribution in [0, 0.1) is 21.4 Å². The van der Waals surface area contributed by atoms with Crippen LogP contribution < -0.4 is 5.32 Å². The summed E-state index contributed by atoms with van der Waals surface area (Å²) in [4.78, 5) is 21.8. The molecule has 0 atom stereocenters. The maximum atomic E-state index is 11.7. The number of carbonyl (C=O) groups is 1. The summed E-state index contributed by atoms with van der Waals surface area (Å²) in [7, 11) is 0. The Hall–Kier alpha value is -2.62. The van der Waals surface area contributed by atoms with Crippen LogP contribution in [0.5, 0.6) is 0 Å². The lowest BCUT2D eigenvalue weighted by Gasteiger charge is -2.23. The fraction of sp³-hybridized carbons (Fsp3) is 0.385. The molecular formula is C13H15N3O4. The fourth-order valence-electron chi connectivity index (χ4n) is 1.31. The van der Waals surface area contributed by atoms with E-state index in [0.29, 0.717) is 6.42 Å². The molecule has 1 aromatic rings. The first kappa shape index (κ1) is 15.4. The van der Waals surface area contributed by atoms with Gasteiger partial charge in [-0.25, -0.2) is 4.79 Å². The van der Waals surface area contributed by atoms with Crippen LogP contribution in [0.3, 0.4) is 0 Å². The van der Waals surface area contributed by atoms with Gasteiger partial charge in [-0.05, 0) is 26.3 Å². The number of nitro benzene ring substituents is 1. The molecule has 0 radical (unpaired) electrons. The summed E-state index contributed by atoms with van der Waals surface area (Å²) in [5, 5.41) is 22.0. The van der Waals surface area contributed by atoms with Crippen molar-refractivity contribution >= 4 is 17.5 Å². The van der Waals surface area contributed by atoms with Gasteiger partial charge in [0.05, 0.1) is 16.2 Å². The van der Waals surface area contributed by atoms with Gasteiger partial charge in [0, 0.05) is 12.1 Å². The molecule has 0 spiro atoms. The number of nitriles is 1. The number of benzene rings is 1. The molecule has 0 aliphatic rings. The predicted molar refractivity (Wildman–Crippen MR) is 72.3 cm³/mol. The summed E-state index contributed by atoms with van der Waals surface area (Å²) < 4.78 is 5.16. The Bertz CT molecular complexity index is 575. The first-order valence-corrected chi connectivity index (χ1v) is 5.97. The van der Waals surface area contributed by atoms with Crippen LogP contribution >= 0.6 is 0 Å². The molecule has 20 heavy (non-hydrogen) atoms. The summed E-state index contributed by atoms with van der Waals surface area (Å²) in [6.45, 7) is 5.35. The highest BCUT2D eigenvalue weighted by Gasteiger charge is 2.21. The third-order valence-electron chi connectivity index (χ3n) is 2.79. The molecule has 0 heterocycles. The molecule has 0 saturated heterocycles. The standard InChI is InChI=1S/C13H15N3O4/c1-4-13(2,3)20-12(17)15-11-7-10(16(18)19)6-5-9(11)8-14/h5-7H,4H2,1-3H3,(H,15,17). The van der Waals surface area contributed by atoms with Gasteiger partial charge in [-0.1, -0.05) is 6.92 Å². The van der Waals surface area contributed by atoms with Crippen LogP contribution in [-0.2, 0) is 4.74 Å². The lowest BCUT2D eigenvalue weighted by Crippen LogP contribution is -2.30. The molecule has 0 unspecified atom stereocenters. The van der Waals surface area contributed by atoms with Crippen molar-refractivity contribution in [3.63, 3.8) is 0 Å². The molecule has 0 saturated carbocycles. The van der Waals surface area contributed by atoms with E-state index in [-0.39, 0.29) is 16.9 Å². The number of carbonyl (C=O) groups excluding carboxylic acids is 1. The van der Waals surface area contributed by atoms with Crippen molar-refractivity contribution in [2.75, 3.05) is 5.32 Å². The Kier molecular flexibility index (Phi) is 4.64. The number of rotatable bonds is 4. The van der Waals surface area contributed by atoms with Gasteiger partial charge < -0.3 is 4.74 Å². The van der Waals surface area contributed by atoms with E-state index in [0.717, 1.165) is 6.07 Å². The largest absolute Gasteiger partial charge is 0.443 e. The first-order valence-electron chi connectivity index (χ1n) is 5.97. The van der Waals surface area contributed by atoms with Crippen molar-refractivity contribution < 1.29 is 14.5 Å². The van der Waals surface area contributed by atoms with E-state index in [1.165, 1.54) is 12.1 Å². The van der Waals surface area contributed by atoms with E-state index in [2.05, 4.69) is 5.32 Å². The second kappa shape index (κ2) is 6.02. The summed E-state index contributed by atoms with van der Waals surface area (Å²) >= 11 is 0. The number of nitro groups is 1. The fourth-order valence-corrected chi connectivity index (χ4v) is 1.31. The minimum absolute atomic E-state index is 0.0543. The van der Waals surface area contributed by atoms with Gasteiger partial charge >= 0.3 is 6.09 Å². The number of nitrogens with one attached hydrogen (secondary N) is 1. The summed E-state index contributed by atoms with van der Waals surface area (Å²) in [5.74, 6) is 0. The van der Waals surface area contributed by atoms with E-state index in [4.69, 9.17) is 10.00 Å². The molecule has 1 aromatic carbocycles. The van der Waals surface area contributed by atoms with Crippen molar-refractivity contribution in [3.05, 3.63) is 33.9 Å². The highest BCUT2D eigenvalue weighted by molar-refractivity contribution is 5.87. The molecule has 7 nitrogen and oxygen atoms in total. The van der Waals surface area contributed by atoms with Gasteiger partial charge in [-0.3, -0.25) is 15.4 Å². The zero-order valence-electron chi connectivity index (χ0n) is 11.5. The Morgan fingerprint density at radius 2 is 2.20 bits per heavy atom. The van der Waals surface area contributed by atoms with E-state index in [9.17, 15) is 14.9 Å². The maximum absolute atomic E-state index is 11.7. The zero-order chi connectivity index (χ0) is 15.3. The Labute approximate surface area is 116 Å². The summed E-state index contributed by atoms with van der Waals surface area (Å²) in [6, 6.07) is 5.45. The molecule has 0 fully saturated rings. The normalized spacial score (nSPS) is 10.5. The Morgan fingerprint density at radius 3 is 2.70 bits per heavy atom. The van der Waals surface area contributed by atoms with Gasteiger partial charge in [0.25, 0.3) is 5.69 Å². The van der Waals surface area contributed by atoms with Crippen molar-refractivity contribution in [2.24, 2.45) is 0 Å². The minimum atomic E-state index is -0.756. The molecule has 1 rings (SSSR count). The molecule has 7 heteroatoms. The van der Waals surface area contributed by atoms with Crippen LogP contribution in [-0.4, -0.2) is 16.6 Å². The Morgan fingerprint density at radius 1 is 1.55 bits per heavy atom. The third kappa shape index (κ3) is 3.95. The smallest absolute Gasteiger partial charge is 0.412 e. The SMILES string of the molecule is CCC(C)(C)OC(=O)Nc1cc([N+](=O)[O-])ccc1C#N. The van der Waals surface area contributed by atoms with Gasteiger partial charge in [-0.15, -0.1) is 0 Å². The zero-order valence-corrected chi connectivity index (χ0v) is 11.5. The average Bonchev–Trinajstić information content (AvgIpc) is 2.37. The topological polar surface area (TPSA) is 105 Å². The molecule has 0 aromatic heterocycles. The second-order valence-electron chi connectivity index (χ2n) is 4.73. The number of nitrogens with zero attached hydrogens (tertiary/aromatic N) is 2. The highest BCUT2D eigenvalue weighted by atomic mass is 16.6. The van der Waals surface area contributed by atoms with Gasteiger partial charge in [0.2, 0.25) is 0 Å². The number of non-ortho nitro benzene ring substituents is 1. The van der Waals surface area contributed by atoms with Crippen LogP contribution in [0.4, 0.5) is 16.2 Å². The van der Waals surface area contributed by atoms with Crippen molar-refractivity contribution in [1.82, 2.24) is 0 Å². The van der Waals surface area contributed by atoms with Crippen LogP contribution in [0.1, 0.15) is 32.8 Å². The number of amides is 1. The van der Waals surface area contributed by atoms with E-state index in [1.807, 2.05) is 13.0 Å². The number of hydrogen-bond donors (Lipinski definition) is 1. The van der Waals surface area contributed by atoms with E-state index >= 15 is 0 Å². The Balaban J connectivity index is 2.96. The molecular weight excluding hydrogens is 262 g/mol. The molecule has 1 amide bonds. The van der Waals surface area contributed by atoms with Gasteiger partial charge in [-0.2, -0.15) is 5.26 Å². The number of anilines is 1. The monoisotopic (exact) mass is 277 g/mol. The minimum Gasteiger partial charge on any atom is -0.443 e. The van der Waals surface area contributed by atoms with Gasteiger partial charge in [0.15, 0.2) is 0 Å². The lowest BCUT2D eigenvalue weighted by molar-refractivity contribution is -0.384. The van der Waals surface area contributed by atoms with Crippen molar-refractivity contribution in [1.29, 1.82) is 5.26 Å². The predicted octanol–water partition coefficient (Wildman–Crippen LogP) is 3.20. The summed E-state index contributed by atoms with van der Waals surface area (Å²) in [5.41, 5.74) is -0.688. The van der Waals surface area contributed by atoms with Crippen LogP contribution in [0.25, 0.3) is 0 Å². The maximum Gasteiger partial charge on any atom is 0.412 e. The van der Waals surface area contributed by atoms with Crippen LogP contribution in [0.15, 0.2) is 18.2 Å². The lowest BCUT2D eigenvalue weighted by atomic mass is 10.1. The highest BCUT2D eigenvalue weighted by Crippen LogP contribution is 2.23. The summed E-state index contributed by atoms with van der Waals surface area (Å²) in [6.07, 6.45) is -0.144. The van der Waals surface area contributed by atoms with E-state index < -0.39 is 16.6 Å². The van der Waals surface area contributed by atoms with Crippen molar-refractivity contribution in [3.8, 4) is 6.07 Å². The number of ether oxygens (including phenoxy) is 1. The molecule has 0 aliphatic heterocycles. The van der Waals surface area contributed by atoms with E-state index in [1.54, 1.807) is 13.8 Å². The molecule has 106 valence electrons. The quantitative estimate of drug-likeness (QED) is 0.672. The second-order valence-corrected chi connectivity index (χ2v) is 4.73. The first-order chi connectivity index (χ1) is 9.29. The third-order valence-corrected chi connectivity index (χ3v) is 2.79. The number of hydrogen-bond acceptors (Lipinski definition) is 5. The average molecular weight is 277 g/mol. The van der Waals surface area contributed by atoms with Crippen LogP contribution in [0.2, 0.25) is 0 Å². The molecule has 1 N–H and O–H groups in total. The van der Waals surface area contributed by atoms with Crippen molar-refractivity contribution in [2.45, 2.75) is 32.8 Å². The van der Waals surface area contributed by atoms with Gasteiger partial charge in [0.1, 0.15) is 11.7 Å². The molecule has 0 aliphatic carbocycles.